The predicted octanol–water partition coefficient (Wildman–Crippen LogP) is 2.32. The number of nitrogens with one attached hydrogen (secondary N) is 1. The number of nitrogens with zero attached hydrogens (tertiary/aromatic N) is 4. The zero-order valence-electron chi connectivity index (χ0n) is 10.6. The Morgan fingerprint density at radius 1 is 1.28 bits per heavy atom. The first kappa shape index (κ1) is 12.9. The van der Waals surface area contributed by atoms with Crippen molar-refractivity contribution < 1.29 is 0 Å². The summed E-state index contributed by atoms with van der Waals surface area (Å²) in [7, 11) is 1.98. The summed E-state index contributed by atoms with van der Waals surface area (Å²) in [6, 6.07) is 0. The van der Waals surface area contributed by atoms with E-state index in [2.05, 4.69) is 27.2 Å². The molecule has 18 heavy (non-hydrogen) atoms. The summed E-state index contributed by atoms with van der Waals surface area (Å²) in [5.41, 5.74) is 0.963. The van der Waals surface area contributed by atoms with E-state index in [1.807, 2.05) is 24.0 Å². The summed E-state index contributed by atoms with van der Waals surface area (Å²) in [6.45, 7) is 3.05. The molecule has 2 aromatic heterocycles. The van der Waals surface area contributed by atoms with Gasteiger partial charge in [-0.3, -0.25) is 4.98 Å². The topological polar surface area (TPSA) is 55.6 Å². The Hall–Kier alpha value is -1.56. The Morgan fingerprint density at radius 2 is 2.17 bits per heavy atom. The highest BCUT2D eigenvalue weighted by molar-refractivity contribution is 7.98. The zero-order valence-corrected chi connectivity index (χ0v) is 11.4. The lowest BCUT2D eigenvalue weighted by atomic mass is 10.4. The number of hydrogen-bond donors (Lipinski definition) is 1. The van der Waals surface area contributed by atoms with Gasteiger partial charge < -0.3 is 9.88 Å². The molecule has 0 amide bonds. The number of hydrogen-bond acceptors (Lipinski definition) is 5. The van der Waals surface area contributed by atoms with E-state index in [1.165, 1.54) is 0 Å². The fourth-order valence-corrected chi connectivity index (χ4v) is 2.23. The molecule has 0 atom stereocenters. The Morgan fingerprint density at radius 3 is 2.78 bits per heavy atom. The highest BCUT2D eigenvalue weighted by atomic mass is 32.2. The van der Waals surface area contributed by atoms with Gasteiger partial charge in [0.2, 0.25) is 0 Å². The average Bonchev–Trinajstić information content (AvgIpc) is 2.81. The molecule has 0 fully saturated rings. The minimum atomic E-state index is 0.784. The molecule has 0 unspecified atom stereocenters. The molecule has 0 spiro atoms. The van der Waals surface area contributed by atoms with E-state index < -0.39 is 0 Å². The number of aryl methyl sites for hydroxylation is 1. The van der Waals surface area contributed by atoms with Gasteiger partial charge in [0.25, 0.3) is 0 Å². The second-order valence-corrected chi connectivity index (χ2v) is 4.87. The quantitative estimate of drug-likeness (QED) is 0.811. The van der Waals surface area contributed by atoms with Crippen LogP contribution in [-0.2, 0) is 12.8 Å². The van der Waals surface area contributed by atoms with Crippen molar-refractivity contribution in [3.05, 3.63) is 30.5 Å². The molecule has 2 rings (SSSR count). The van der Waals surface area contributed by atoms with E-state index in [1.54, 1.807) is 24.2 Å². The van der Waals surface area contributed by atoms with Crippen molar-refractivity contribution in [1.82, 2.24) is 19.5 Å². The van der Waals surface area contributed by atoms with Crippen LogP contribution in [0.2, 0.25) is 0 Å². The van der Waals surface area contributed by atoms with Crippen LogP contribution in [0.5, 0.6) is 0 Å². The second-order valence-electron chi connectivity index (χ2n) is 3.93. The molecule has 1 N–H and O–H groups in total. The largest absolute Gasteiger partial charge is 0.369 e. The van der Waals surface area contributed by atoms with Gasteiger partial charge in [-0.1, -0.05) is 18.7 Å². The van der Waals surface area contributed by atoms with Gasteiger partial charge in [-0.15, -0.1) is 0 Å². The summed E-state index contributed by atoms with van der Waals surface area (Å²) >= 11 is 1.66. The Bertz CT molecular complexity index is 479. The lowest BCUT2D eigenvalue weighted by Gasteiger charge is -2.04. The molecule has 0 aliphatic carbocycles. The first-order chi connectivity index (χ1) is 8.79. The lowest BCUT2D eigenvalue weighted by molar-refractivity contribution is 0.789. The summed E-state index contributed by atoms with van der Waals surface area (Å²) in [5.74, 6) is 1.62. The SMILES string of the molecule is CCCNc1cnc(CSc2nccn2C)cn1. The Kier molecular flexibility index (Phi) is 4.58. The summed E-state index contributed by atoms with van der Waals surface area (Å²) in [6.07, 6.45) is 8.41. The van der Waals surface area contributed by atoms with Gasteiger partial charge in [0.1, 0.15) is 5.82 Å². The van der Waals surface area contributed by atoms with Crippen LogP contribution in [0.1, 0.15) is 19.0 Å². The van der Waals surface area contributed by atoms with Crippen LogP contribution in [0.4, 0.5) is 5.82 Å². The van der Waals surface area contributed by atoms with Gasteiger partial charge in [0, 0.05) is 31.7 Å². The van der Waals surface area contributed by atoms with Crippen molar-refractivity contribution in [1.29, 1.82) is 0 Å². The molecule has 5 nitrogen and oxygen atoms in total. The number of imidazole rings is 1. The summed E-state index contributed by atoms with van der Waals surface area (Å²) in [4.78, 5) is 13.0. The average molecular weight is 263 g/mol. The van der Waals surface area contributed by atoms with Crippen LogP contribution in [0, 0.1) is 0 Å². The van der Waals surface area contributed by atoms with Crippen molar-refractivity contribution in [3.63, 3.8) is 0 Å². The van der Waals surface area contributed by atoms with Gasteiger partial charge in [0.05, 0.1) is 18.1 Å². The van der Waals surface area contributed by atoms with Gasteiger partial charge in [0.15, 0.2) is 5.16 Å². The lowest BCUT2D eigenvalue weighted by Crippen LogP contribution is -2.03. The van der Waals surface area contributed by atoms with Crippen LogP contribution >= 0.6 is 11.8 Å². The first-order valence-corrected chi connectivity index (χ1v) is 6.93. The number of aromatic nitrogens is 4. The fourth-order valence-electron chi connectivity index (χ4n) is 1.40. The second kappa shape index (κ2) is 6.39. The summed E-state index contributed by atoms with van der Waals surface area (Å²) in [5, 5.41) is 4.19. The highest BCUT2D eigenvalue weighted by Crippen LogP contribution is 2.19. The van der Waals surface area contributed by atoms with Crippen molar-refractivity contribution in [2.75, 3.05) is 11.9 Å². The molecular formula is C12H17N5S. The molecule has 6 heteroatoms. The van der Waals surface area contributed by atoms with E-state index in [-0.39, 0.29) is 0 Å². The van der Waals surface area contributed by atoms with E-state index in [4.69, 9.17) is 0 Å². The van der Waals surface area contributed by atoms with Gasteiger partial charge in [-0.2, -0.15) is 0 Å². The van der Waals surface area contributed by atoms with Crippen molar-refractivity contribution in [3.8, 4) is 0 Å². The van der Waals surface area contributed by atoms with Crippen molar-refractivity contribution in [2.45, 2.75) is 24.3 Å². The Labute approximate surface area is 111 Å². The molecule has 0 saturated carbocycles. The minimum Gasteiger partial charge on any atom is -0.369 e. The predicted molar refractivity (Wildman–Crippen MR) is 73.6 cm³/mol. The van der Waals surface area contributed by atoms with Crippen LogP contribution in [0.15, 0.2) is 29.9 Å². The molecular weight excluding hydrogens is 246 g/mol. The van der Waals surface area contributed by atoms with Crippen LogP contribution in [-0.4, -0.2) is 26.1 Å². The molecule has 2 heterocycles. The maximum Gasteiger partial charge on any atom is 0.168 e. The molecule has 0 saturated heterocycles. The standard InChI is InChI=1S/C12H17N5S/c1-3-4-13-11-8-15-10(7-16-11)9-18-12-14-5-6-17(12)2/h5-8H,3-4,9H2,1-2H3,(H,13,16). The van der Waals surface area contributed by atoms with Crippen LogP contribution < -0.4 is 5.32 Å². The number of rotatable bonds is 6. The van der Waals surface area contributed by atoms with Gasteiger partial charge >= 0.3 is 0 Å². The van der Waals surface area contributed by atoms with Gasteiger partial charge in [-0.05, 0) is 6.42 Å². The zero-order chi connectivity index (χ0) is 12.8. The third-order valence-corrected chi connectivity index (χ3v) is 3.48. The van der Waals surface area contributed by atoms with Crippen molar-refractivity contribution >= 4 is 17.6 Å². The third-order valence-electron chi connectivity index (χ3n) is 2.39. The van der Waals surface area contributed by atoms with Gasteiger partial charge in [-0.25, -0.2) is 9.97 Å². The molecule has 96 valence electrons. The van der Waals surface area contributed by atoms with E-state index in [0.717, 1.165) is 35.4 Å². The summed E-state index contributed by atoms with van der Waals surface area (Å²) < 4.78 is 2.00. The maximum absolute atomic E-state index is 4.38. The van der Waals surface area contributed by atoms with E-state index in [9.17, 15) is 0 Å². The molecule has 0 aliphatic rings. The molecule has 0 radical (unpaired) electrons. The van der Waals surface area contributed by atoms with E-state index >= 15 is 0 Å². The highest BCUT2D eigenvalue weighted by Gasteiger charge is 2.02. The van der Waals surface area contributed by atoms with E-state index in [0.29, 0.717) is 0 Å². The molecule has 0 aliphatic heterocycles. The molecule has 2 aromatic rings. The third kappa shape index (κ3) is 3.46. The van der Waals surface area contributed by atoms with Crippen LogP contribution in [0.3, 0.4) is 0 Å². The maximum atomic E-state index is 4.38. The fraction of sp³-hybridized carbons (Fsp3) is 0.417. The smallest absolute Gasteiger partial charge is 0.168 e. The minimum absolute atomic E-state index is 0.784. The first-order valence-electron chi connectivity index (χ1n) is 5.94. The number of thioether (sulfide) groups is 1. The molecule has 0 aromatic carbocycles. The molecule has 0 bridgehead atoms. The Balaban J connectivity index is 1.88. The van der Waals surface area contributed by atoms with Crippen molar-refractivity contribution in [2.24, 2.45) is 7.05 Å². The monoisotopic (exact) mass is 263 g/mol. The number of anilines is 1. The normalized spacial score (nSPS) is 10.6. The van der Waals surface area contributed by atoms with Crippen LogP contribution in [0.25, 0.3) is 0 Å².